The second-order valence-corrected chi connectivity index (χ2v) is 6.49. The molecule has 0 fully saturated rings. The normalized spacial score (nSPS) is 15.9. The van der Waals surface area contributed by atoms with Gasteiger partial charge in [0.2, 0.25) is 11.8 Å². The van der Waals surface area contributed by atoms with Crippen molar-refractivity contribution in [2.24, 2.45) is 5.10 Å². The molecule has 1 aliphatic heterocycles. The van der Waals surface area contributed by atoms with Crippen LogP contribution in [0.2, 0.25) is 0 Å². The van der Waals surface area contributed by atoms with Crippen molar-refractivity contribution in [3.05, 3.63) is 68.9 Å². The van der Waals surface area contributed by atoms with E-state index in [1.54, 1.807) is 12.1 Å². The smallest absolute Gasteiger partial charge is 0.331 e. The second-order valence-electron chi connectivity index (χ2n) is 6.49. The lowest BCUT2D eigenvalue weighted by atomic mass is 9.99. The van der Waals surface area contributed by atoms with Crippen LogP contribution in [-0.2, 0) is 11.3 Å². The van der Waals surface area contributed by atoms with E-state index in [4.69, 9.17) is 4.74 Å². The number of H-pyrrole nitrogens is 1. The second kappa shape index (κ2) is 8.17. The van der Waals surface area contributed by atoms with Crippen LogP contribution in [-0.4, -0.2) is 37.9 Å². The number of nitrogens with zero attached hydrogens (tertiary/aromatic N) is 3. The Bertz CT molecular complexity index is 1080. The maximum Gasteiger partial charge on any atom is 0.331 e. The third-order valence-electron chi connectivity index (χ3n) is 4.58. The average molecular weight is 398 g/mol. The molecule has 2 aromatic rings. The summed E-state index contributed by atoms with van der Waals surface area (Å²) in [4.78, 5) is 38.6. The monoisotopic (exact) mass is 398 g/mol. The summed E-state index contributed by atoms with van der Waals surface area (Å²) in [6.45, 7) is 7.35. The highest BCUT2D eigenvalue weighted by Crippen LogP contribution is 2.34. The fraction of sp³-hybridized carbons (Fsp3) is 0.300. The molecule has 152 valence electrons. The number of rotatable bonds is 6. The molecule has 2 heterocycles. The van der Waals surface area contributed by atoms with Gasteiger partial charge in [-0.05, 0) is 24.6 Å². The molecule has 1 aromatic carbocycles. The van der Waals surface area contributed by atoms with Gasteiger partial charge in [-0.15, -0.1) is 6.58 Å². The molecule has 3 rings (SSSR count). The lowest BCUT2D eigenvalue weighted by molar-refractivity contribution is -0.130. The van der Waals surface area contributed by atoms with Crippen LogP contribution < -0.4 is 16.0 Å². The van der Waals surface area contributed by atoms with E-state index in [0.29, 0.717) is 12.4 Å². The van der Waals surface area contributed by atoms with E-state index in [1.807, 2.05) is 19.1 Å². The molecule has 1 aromatic heterocycles. The van der Waals surface area contributed by atoms with Crippen molar-refractivity contribution in [1.82, 2.24) is 14.6 Å². The Morgan fingerprint density at radius 3 is 2.66 bits per heavy atom. The zero-order valence-corrected chi connectivity index (χ0v) is 16.2. The molecule has 0 saturated heterocycles. The molecule has 9 heteroatoms. The molecule has 9 nitrogen and oxygen atoms in total. The van der Waals surface area contributed by atoms with Crippen molar-refractivity contribution in [1.29, 1.82) is 0 Å². The van der Waals surface area contributed by atoms with E-state index in [2.05, 4.69) is 16.7 Å². The molecular weight excluding hydrogens is 376 g/mol. The van der Waals surface area contributed by atoms with Crippen molar-refractivity contribution in [3.8, 4) is 11.6 Å². The Labute approximate surface area is 166 Å². The van der Waals surface area contributed by atoms with E-state index in [9.17, 15) is 19.5 Å². The highest BCUT2D eigenvalue weighted by molar-refractivity contribution is 6.04. The van der Waals surface area contributed by atoms with Crippen molar-refractivity contribution < 1.29 is 14.6 Å². The molecule has 0 spiro atoms. The number of aromatic nitrogens is 2. The van der Waals surface area contributed by atoms with Crippen molar-refractivity contribution in [2.75, 3.05) is 6.61 Å². The lowest BCUT2D eigenvalue weighted by Gasteiger charge is -2.20. The Morgan fingerprint density at radius 2 is 2.07 bits per heavy atom. The number of hydrazone groups is 1. The fourth-order valence-corrected chi connectivity index (χ4v) is 3.28. The van der Waals surface area contributed by atoms with E-state index in [0.717, 1.165) is 10.1 Å². The minimum atomic E-state index is -0.762. The molecule has 0 saturated carbocycles. The third kappa shape index (κ3) is 3.84. The summed E-state index contributed by atoms with van der Waals surface area (Å²) in [5.74, 6) is -0.113. The number of allylic oxidation sites excluding steroid dienone is 1. The molecule has 1 atom stereocenters. The molecule has 1 amide bonds. The van der Waals surface area contributed by atoms with Crippen LogP contribution in [0, 0.1) is 0 Å². The predicted octanol–water partition coefficient (Wildman–Crippen LogP) is 1.52. The van der Waals surface area contributed by atoms with E-state index >= 15 is 0 Å². The first kappa shape index (κ1) is 20.1. The first-order valence-corrected chi connectivity index (χ1v) is 9.14. The van der Waals surface area contributed by atoms with Crippen LogP contribution >= 0.6 is 0 Å². The van der Waals surface area contributed by atoms with Gasteiger partial charge in [-0.3, -0.25) is 19.1 Å². The largest absolute Gasteiger partial charge is 0.494 e. The highest BCUT2D eigenvalue weighted by Gasteiger charge is 2.34. The van der Waals surface area contributed by atoms with Crippen molar-refractivity contribution >= 4 is 11.6 Å². The van der Waals surface area contributed by atoms with Crippen LogP contribution in [0.1, 0.15) is 37.4 Å². The number of aromatic amines is 1. The molecule has 0 unspecified atom stereocenters. The fourth-order valence-electron chi connectivity index (χ4n) is 3.28. The standard InChI is InChI=1S/C20H22N4O5/c1-4-10-23-19(27)17(18(26)21-20(23)28)15-11-16(24(22-15)12(3)25)13-6-8-14(9-7-13)29-5-2/h4,6-9,16,27H,1,5,10-11H2,2-3H3,(H,21,26,28)/t16-/m0/s1. The summed E-state index contributed by atoms with van der Waals surface area (Å²) in [5.41, 5.74) is -0.622. The number of carbonyl (C=O) groups excluding carboxylic acids is 1. The van der Waals surface area contributed by atoms with Crippen LogP contribution in [0.4, 0.5) is 0 Å². The third-order valence-corrected chi connectivity index (χ3v) is 4.58. The van der Waals surface area contributed by atoms with Gasteiger partial charge in [0, 0.05) is 19.9 Å². The van der Waals surface area contributed by atoms with Crippen LogP contribution in [0.15, 0.2) is 51.6 Å². The molecular formula is C20H22N4O5. The Kier molecular flexibility index (Phi) is 5.67. The van der Waals surface area contributed by atoms with Gasteiger partial charge in [-0.1, -0.05) is 18.2 Å². The van der Waals surface area contributed by atoms with E-state index in [1.165, 1.54) is 18.0 Å². The highest BCUT2D eigenvalue weighted by atomic mass is 16.5. The number of nitrogens with one attached hydrogen (secondary N) is 1. The minimum Gasteiger partial charge on any atom is -0.494 e. The topological polar surface area (TPSA) is 117 Å². The SMILES string of the molecule is C=CCn1c(O)c(C2=NN(C(C)=O)[C@H](c3ccc(OCC)cc3)C2)c(=O)[nH]c1=O. The van der Waals surface area contributed by atoms with Gasteiger partial charge in [0.15, 0.2) is 0 Å². The molecule has 29 heavy (non-hydrogen) atoms. The van der Waals surface area contributed by atoms with Gasteiger partial charge in [0.1, 0.15) is 11.3 Å². The van der Waals surface area contributed by atoms with Crippen LogP contribution in [0.3, 0.4) is 0 Å². The van der Waals surface area contributed by atoms with E-state index < -0.39 is 23.2 Å². The lowest BCUT2D eigenvalue weighted by Crippen LogP contribution is -2.33. The molecule has 1 aliphatic rings. The van der Waals surface area contributed by atoms with Gasteiger partial charge in [0.05, 0.1) is 18.4 Å². The summed E-state index contributed by atoms with van der Waals surface area (Å²) in [7, 11) is 0. The van der Waals surface area contributed by atoms with Crippen molar-refractivity contribution in [3.63, 3.8) is 0 Å². The number of aromatic hydroxyl groups is 1. The number of ether oxygens (including phenoxy) is 1. The number of hydrogen-bond acceptors (Lipinski definition) is 6. The van der Waals surface area contributed by atoms with Gasteiger partial charge in [-0.2, -0.15) is 5.10 Å². The van der Waals surface area contributed by atoms with Gasteiger partial charge in [0.25, 0.3) is 5.56 Å². The molecule has 0 radical (unpaired) electrons. The zero-order chi connectivity index (χ0) is 21.1. The molecule has 0 aliphatic carbocycles. The summed E-state index contributed by atoms with van der Waals surface area (Å²) in [6.07, 6.45) is 1.63. The van der Waals surface area contributed by atoms with Gasteiger partial charge >= 0.3 is 5.69 Å². The first-order valence-electron chi connectivity index (χ1n) is 9.14. The quantitative estimate of drug-likeness (QED) is 0.716. The Balaban J connectivity index is 2.02. The summed E-state index contributed by atoms with van der Waals surface area (Å²) >= 11 is 0. The van der Waals surface area contributed by atoms with Crippen LogP contribution in [0.5, 0.6) is 11.6 Å². The van der Waals surface area contributed by atoms with E-state index in [-0.39, 0.29) is 30.1 Å². The van der Waals surface area contributed by atoms with Crippen LogP contribution in [0.25, 0.3) is 0 Å². The summed E-state index contributed by atoms with van der Waals surface area (Å²) < 4.78 is 6.42. The van der Waals surface area contributed by atoms with Gasteiger partial charge in [-0.25, -0.2) is 9.80 Å². The molecule has 0 bridgehead atoms. The maximum atomic E-state index is 12.4. The summed E-state index contributed by atoms with van der Waals surface area (Å²) in [5, 5.41) is 16.1. The number of benzene rings is 1. The Hall–Kier alpha value is -3.62. The molecule has 2 N–H and O–H groups in total. The van der Waals surface area contributed by atoms with Gasteiger partial charge < -0.3 is 9.84 Å². The minimum absolute atomic E-state index is 0.0144. The number of carbonyl (C=O) groups is 1. The average Bonchev–Trinajstić information content (AvgIpc) is 3.11. The summed E-state index contributed by atoms with van der Waals surface area (Å²) in [6, 6.07) is 6.80. The maximum absolute atomic E-state index is 12.4. The van der Waals surface area contributed by atoms with Crippen molar-refractivity contribution in [2.45, 2.75) is 32.9 Å². The predicted molar refractivity (Wildman–Crippen MR) is 107 cm³/mol. The zero-order valence-electron chi connectivity index (χ0n) is 16.2. The number of amides is 1. The Morgan fingerprint density at radius 1 is 1.38 bits per heavy atom. The number of hydrogen-bond donors (Lipinski definition) is 2. The first-order chi connectivity index (χ1) is 13.9.